The first-order chi connectivity index (χ1) is 25.4. The van der Waals surface area contributed by atoms with Gasteiger partial charge in [-0.25, -0.2) is 9.97 Å². The molecule has 0 saturated carbocycles. The molecule has 2 aliphatic rings. The second-order valence-electron chi connectivity index (χ2n) is 12.5. The number of benzene rings is 2. The maximum atomic E-state index is 12.7. The molecule has 14 heteroatoms. The van der Waals surface area contributed by atoms with Gasteiger partial charge in [0, 0.05) is 98.5 Å². The number of hydrogen-bond acceptors (Lipinski definition) is 14. The number of carbonyl (C=O) groups excluding carboxylic acids is 2. The predicted molar refractivity (Wildman–Crippen MR) is 208 cm³/mol. The van der Waals surface area contributed by atoms with Gasteiger partial charge in [-0.2, -0.15) is 0 Å². The highest BCUT2D eigenvalue weighted by Crippen LogP contribution is 2.28. The molecule has 52 heavy (non-hydrogen) atoms. The molecule has 2 aliphatic heterocycles. The molecule has 0 atom stereocenters. The van der Waals surface area contributed by atoms with E-state index >= 15 is 0 Å². The zero-order chi connectivity index (χ0) is 35.9. The summed E-state index contributed by atoms with van der Waals surface area (Å²) in [6.07, 6.45) is 5.41. The molecule has 2 saturated heterocycles. The Morgan fingerprint density at radius 3 is 1.73 bits per heavy atom. The minimum absolute atomic E-state index is 0.00701. The number of Topliss-reactive ketones (excluding diaryl/α,β-unsaturated/α-hetero) is 2. The van der Waals surface area contributed by atoms with Crippen LogP contribution in [0.2, 0.25) is 0 Å². The summed E-state index contributed by atoms with van der Waals surface area (Å²) in [7, 11) is 0. The van der Waals surface area contributed by atoms with Crippen LogP contribution in [0, 0.1) is 0 Å². The molecule has 2 fully saturated rings. The molecule has 6 heterocycles. The summed E-state index contributed by atoms with van der Waals surface area (Å²) >= 11 is 2.80. The van der Waals surface area contributed by atoms with Crippen molar-refractivity contribution < 1.29 is 18.4 Å². The number of piperazine rings is 2. The van der Waals surface area contributed by atoms with E-state index < -0.39 is 0 Å². The monoisotopic (exact) mass is 736 g/mol. The van der Waals surface area contributed by atoms with Crippen LogP contribution in [0.4, 0.5) is 23.0 Å². The molecule has 8 rings (SSSR count). The zero-order valence-electron chi connectivity index (χ0n) is 28.5. The minimum Gasteiger partial charge on any atom is -0.472 e. The Morgan fingerprint density at radius 2 is 1.23 bits per heavy atom. The molecule has 4 aromatic heterocycles. The second kappa shape index (κ2) is 16.4. The molecule has 12 nitrogen and oxygen atoms in total. The standard InChI is InChI=1S/2C19H20N4O2S/c20-16-2-1-13(14-3-8-25-11-14)9-15(16)10-17(24)19-22-18(12-26-19)23-6-4-21-5-7-23;20-15-4-3-13(17-2-1-9-25-17)10-14(15)11-16(24)19-22-18(12-26-19)23-7-5-21-6-8-23/h1-3,8-9,11-12,21H,4-7,10,20H2;1-4,9-10,12,21H,5-8,11,20H2. The van der Waals surface area contributed by atoms with Crippen LogP contribution in [0.3, 0.4) is 0 Å². The van der Waals surface area contributed by atoms with Crippen LogP contribution in [0.25, 0.3) is 22.5 Å². The van der Waals surface area contributed by atoms with Crippen LogP contribution in [-0.2, 0) is 12.8 Å². The topological polar surface area (TPSA) is 169 Å². The number of nitrogens with two attached hydrogens (primary N) is 2. The Bertz CT molecular complexity index is 1950. The van der Waals surface area contributed by atoms with E-state index in [-0.39, 0.29) is 24.4 Å². The SMILES string of the molecule is Nc1ccc(-c2ccco2)cc1CC(=O)c1nc(N2CCNCC2)cs1.Nc1ccc(-c2ccoc2)cc1CC(=O)c1nc(N2CCNCC2)cs1. The van der Waals surface area contributed by atoms with Gasteiger partial charge in [0.25, 0.3) is 0 Å². The fourth-order valence-electron chi connectivity index (χ4n) is 6.08. The molecule has 0 bridgehead atoms. The summed E-state index contributed by atoms with van der Waals surface area (Å²) in [4.78, 5) is 38.9. The number of rotatable bonds is 10. The van der Waals surface area contributed by atoms with Gasteiger partial charge in [-0.05, 0) is 65.2 Å². The Morgan fingerprint density at radius 1 is 0.692 bits per heavy atom. The number of thiazole rings is 2. The molecule has 6 aromatic rings. The summed E-state index contributed by atoms with van der Waals surface area (Å²) in [5.74, 6) is 2.51. The molecule has 2 aromatic carbocycles. The van der Waals surface area contributed by atoms with E-state index in [9.17, 15) is 9.59 Å². The number of aromatic nitrogens is 2. The van der Waals surface area contributed by atoms with Crippen LogP contribution in [0.5, 0.6) is 0 Å². The average Bonchev–Trinajstić information content (AvgIpc) is 4.02. The van der Waals surface area contributed by atoms with Crippen LogP contribution in [0.15, 0.2) is 93.0 Å². The zero-order valence-corrected chi connectivity index (χ0v) is 30.2. The number of anilines is 4. The van der Waals surface area contributed by atoms with Crippen molar-refractivity contribution in [2.45, 2.75) is 12.8 Å². The smallest absolute Gasteiger partial charge is 0.195 e. The first-order valence-electron chi connectivity index (χ1n) is 17.1. The van der Waals surface area contributed by atoms with Gasteiger partial charge in [0.15, 0.2) is 21.6 Å². The lowest BCUT2D eigenvalue weighted by Gasteiger charge is -2.27. The van der Waals surface area contributed by atoms with Crippen molar-refractivity contribution in [1.29, 1.82) is 0 Å². The number of nitrogens with zero attached hydrogens (tertiary/aromatic N) is 4. The van der Waals surface area contributed by atoms with E-state index in [0.29, 0.717) is 21.4 Å². The van der Waals surface area contributed by atoms with E-state index in [0.717, 1.165) is 97.6 Å². The van der Waals surface area contributed by atoms with Gasteiger partial charge in [-0.1, -0.05) is 6.07 Å². The lowest BCUT2D eigenvalue weighted by Crippen LogP contribution is -2.43. The molecular weight excluding hydrogens is 697 g/mol. The average molecular weight is 737 g/mol. The number of furan rings is 2. The molecule has 6 N–H and O–H groups in total. The Balaban J connectivity index is 0.000000162. The molecule has 268 valence electrons. The summed E-state index contributed by atoms with van der Waals surface area (Å²) in [5.41, 5.74) is 17.8. The van der Waals surface area contributed by atoms with Crippen LogP contribution >= 0.6 is 22.7 Å². The summed E-state index contributed by atoms with van der Waals surface area (Å²) in [6, 6.07) is 16.9. The number of hydrogen-bond donors (Lipinski definition) is 4. The van der Waals surface area contributed by atoms with E-state index in [1.807, 2.05) is 65.4 Å². The number of carbonyl (C=O) groups is 2. The Labute approximate surface area is 309 Å². The first-order valence-corrected chi connectivity index (χ1v) is 18.9. The molecule has 0 aliphatic carbocycles. The van der Waals surface area contributed by atoms with Gasteiger partial charge in [0.1, 0.15) is 17.4 Å². The fraction of sp³-hybridized carbons (Fsp3) is 0.263. The maximum absolute atomic E-state index is 12.7. The van der Waals surface area contributed by atoms with Gasteiger partial charge >= 0.3 is 0 Å². The van der Waals surface area contributed by atoms with E-state index in [4.69, 9.17) is 20.3 Å². The third-order valence-corrected chi connectivity index (χ3v) is 10.7. The second-order valence-corrected chi connectivity index (χ2v) is 14.2. The van der Waals surface area contributed by atoms with Crippen molar-refractivity contribution in [3.05, 3.63) is 105 Å². The highest BCUT2D eigenvalue weighted by atomic mass is 32.1. The third kappa shape index (κ3) is 8.43. The lowest BCUT2D eigenvalue weighted by atomic mass is 10.0. The van der Waals surface area contributed by atoms with Crippen LogP contribution in [-0.4, -0.2) is 73.9 Å². The Kier molecular flexibility index (Phi) is 11.1. The lowest BCUT2D eigenvalue weighted by molar-refractivity contribution is 0.0984. The maximum Gasteiger partial charge on any atom is 0.195 e. The molecule has 0 unspecified atom stereocenters. The normalized spacial score (nSPS) is 14.5. The van der Waals surface area contributed by atoms with Crippen LogP contribution in [0.1, 0.15) is 30.7 Å². The molecule has 0 radical (unpaired) electrons. The van der Waals surface area contributed by atoms with E-state index in [1.165, 1.54) is 22.7 Å². The Hall–Kier alpha value is -5.28. The number of nitrogens with one attached hydrogen (secondary N) is 2. The van der Waals surface area contributed by atoms with Crippen molar-refractivity contribution in [3.8, 4) is 22.5 Å². The van der Waals surface area contributed by atoms with Gasteiger partial charge in [-0.3, -0.25) is 9.59 Å². The van der Waals surface area contributed by atoms with Gasteiger partial charge in [-0.15, -0.1) is 22.7 Å². The number of nitrogen functional groups attached to an aromatic ring is 2. The first kappa shape index (κ1) is 35.1. The van der Waals surface area contributed by atoms with Crippen LogP contribution < -0.4 is 31.9 Å². The summed E-state index contributed by atoms with van der Waals surface area (Å²) in [5, 5.41) is 11.6. The minimum atomic E-state index is -0.0142. The third-order valence-electron chi connectivity index (χ3n) is 8.99. The van der Waals surface area contributed by atoms with E-state index in [1.54, 1.807) is 18.8 Å². The highest BCUT2D eigenvalue weighted by molar-refractivity contribution is 7.12. The summed E-state index contributed by atoms with van der Waals surface area (Å²) in [6.45, 7) is 7.42. The van der Waals surface area contributed by atoms with Crippen molar-refractivity contribution >= 4 is 57.3 Å². The van der Waals surface area contributed by atoms with Crippen molar-refractivity contribution in [2.75, 3.05) is 73.6 Å². The van der Waals surface area contributed by atoms with E-state index in [2.05, 4.69) is 30.4 Å². The highest BCUT2D eigenvalue weighted by Gasteiger charge is 2.20. The largest absolute Gasteiger partial charge is 0.472 e. The van der Waals surface area contributed by atoms with Gasteiger partial charge < -0.3 is 40.7 Å². The molecule has 0 amide bonds. The van der Waals surface area contributed by atoms with Crippen molar-refractivity contribution in [3.63, 3.8) is 0 Å². The predicted octanol–water partition coefficient (Wildman–Crippen LogP) is 5.64. The van der Waals surface area contributed by atoms with Crippen molar-refractivity contribution in [2.24, 2.45) is 0 Å². The number of ketones is 2. The van der Waals surface area contributed by atoms with Crippen molar-refractivity contribution in [1.82, 2.24) is 20.6 Å². The quantitative estimate of drug-likeness (QED) is 0.101. The molecular formula is C38H40N8O4S2. The fourth-order valence-corrected chi connectivity index (χ4v) is 7.62. The summed E-state index contributed by atoms with van der Waals surface area (Å²) < 4.78 is 10.6. The van der Waals surface area contributed by atoms with Gasteiger partial charge in [0.2, 0.25) is 0 Å². The van der Waals surface area contributed by atoms with Gasteiger partial charge in [0.05, 0.1) is 18.8 Å². The molecule has 0 spiro atoms.